The summed E-state index contributed by atoms with van der Waals surface area (Å²) in [6, 6.07) is 0.484. The maximum absolute atomic E-state index is 6.24. The van der Waals surface area contributed by atoms with E-state index in [-0.39, 0.29) is 17.5 Å². The Bertz CT molecular complexity index is 1300. The van der Waals surface area contributed by atoms with Gasteiger partial charge in [-0.05, 0) is 19.8 Å². The van der Waals surface area contributed by atoms with Crippen molar-refractivity contribution < 1.29 is 4.74 Å². The Kier molecular flexibility index (Phi) is 3.78. The molecule has 31 heavy (non-hydrogen) atoms. The Balaban J connectivity index is 1.51. The molecular weight excluding hydrogens is 396 g/mol. The summed E-state index contributed by atoms with van der Waals surface area (Å²) in [5.41, 5.74) is 8.62. The van der Waals surface area contributed by atoms with Crippen LogP contribution < -0.4 is 20.7 Å². The first-order valence-corrected chi connectivity index (χ1v) is 10.3. The maximum Gasteiger partial charge on any atom is 0.326 e. The van der Waals surface area contributed by atoms with Crippen LogP contribution in [0.5, 0.6) is 11.8 Å². The molecule has 0 aromatic carbocycles. The number of nitrogens with one attached hydrogen (secondary N) is 2. The van der Waals surface area contributed by atoms with E-state index in [9.17, 15) is 0 Å². The number of hydrogen-bond acceptors (Lipinski definition) is 10. The normalized spacial score (nSPS) is 22.5. The van der Waals surface area contributed by atoms with Crippen molar-refractivity contribution in [2.24, 2.45) is 11.1 Å². The van der Waals surface area contributed by atoms with Gasteiger partial charge in [-0.15, -0.1) is 0 Å². The first-order chi connectivity index (χ1) is 15.1. The molecule has 2 atom stereocenters. The van der Waals surface area contributed by atoms with Gasteiger partial charge in [0.15, 0.2) is 11.6 Å². The van der Waals surface area contributed by atoms with Gasteiger partial charge in [-0.2, -0.15) is 9.97 Å². The molecule has 11 heteroatoms. The highest BCUT2D eigenvalue weighted by Gasteiger charge is 2.56. The molecule has 1 saturated carbocycles. The summed E-state index contributed by atoms with van der Waals surface area (Å²) in [4.78, 5) is 32.2. The van der Waals surface area contributed by atoms with Gasteiger partial charge in [0, 0.05) is 31.6 Å². The Morgan fingerprint density at radius 1 is 1.23 bits per heavy atom. The van der Waals surface area contributed by atoms with E-state index in [1.165, 1.54) is 0 Å². The quantitative estimate of drug-likeness (QED) is 0.448. The Morgan fingerprint density at radius 3 is 2.74 bits per heavy atom. The summed E-state index contributed by atoms with van der Waals surface area (Å²) in [7, 11) is 1.82. The Hall–Kier alpha value is -3.60. The molecule has 4 N–H and O–H groups in total. The number of aromatic nitrogens is 7. The van der Waals surface area contributed by atoms with Gasteiger partial charge in [0.2, 0.25) is 0 Å². The van der Waals surface area contributed by atoms with Crippen molar-refractivity contribution in [1.82, 2.24) is 34.9 Å². The molecule has 11 nitrogen and oxygen atoms in total. The highest BCUT2D eigenvalue weighted by molar-refractivity contribution is 6.11. The van der Waals surface area contributed by atoms with Crippen LogP contribution in [0.4, 0.5) is 11.6 Å². The number of anilines is 2. The molecule has 0 bridgehead atoms. The highest BCUT2D eigenvalue weighted by Crippen LogP contribution is 2.53. The van der Waals surface area contributed by atoms with Crippen molar-refractivity contribution >= 4 is 33.7 Å². The van der Waals surface area contributed by atoms with Crippen LogP contribution in [0.2, 0.25) is 0 Å². The zero-order valence-corrected chi connectivity index (χ0v) is 17.3. The van der Waals surface area contributed by atoms with Gasteiger partial charge in [-0.25, -0.2) is 19.9 Å². The van der Waals surface area contributed by atoms with E-state index in [1.807, 2.05) is 14.0 Å². The number of fused-ring (bicyclic) bond motifs is 3. The molecule has 1 saturated heterocycles. The third-order valence-corrected chi connectivity index (χ3v) is 6.34. The molecule has 4 aromatic heterocycles. The lowest BCUT2D eigenvalue weighted by Gasteiger charge is -2.19. The lowest BCUT2D eigenvalue weighted by Crippen LogP contribution is -2.24. The van der Waals surface area contributed by atoms with Gasteiger partial charge in [0.05, 0.1) is 17.8 Å². The van der Waals surface area contributed by atoms with Gasteiger partial charge < -0.3 is 25.7 Å². The molecule has 6 rings (SSSR count). The van der Waals surface area contributed by atoms with Crippen LogP contribution in [-0.4, -0.2) is 61.1 Å². The van der Waals surface area contributed by atoms with Crippen molar-refractivity contribution in [3.63, 3.8) is 0 Å². The lowest BCUT2D eigenvalue weighted by atomic mass is 10.1. The monoisotopic (exact) mass is 418 g/mol. The first kappa shape index (κ1) is 18.2. The zero-order valence-electron chi connectivity index (χ0n) is 17.3. The first-order valence-electron chi connectivity index (χ1n) is 10.3. The topological polar surface area (TPSA) is 144 Å². The number of hydrogen-bond donors (Lipinski definition) is 3. The van der Waals surface area contributed by atoms with E-state index in [0.29, 0.717) is 23.0 Å². The summed E-state index contributed by atoms with van der Waals surface area (Å²) in [5.74, 6) is 2.63. The third kappa shape index (κ3) is 2.84. The summed E-state index contributed by atoms with van der Waals surface area (Å²) in [6.45, 7) is 3.56. The largest absolute Gasteiger partial charge is 0.421 e. The zero-order chi connectivity index (χ0) is 21.2. The number of rotatable bonds is 4. The maximum atomic E-state index is 6.24. The third-order valence-electron chi connectivity index (χ3n) is 6.34. The number of nitrogens with zero attached hydrogens (tertiary/aromatic N) is 7. The van der Waals surface area contributed by atoms with Crippen LogP contribution in [0.25, 0.3) is 22.1 Å². The molecule has 2 unspecified atom stereocenters. The molecule has 5 heterocycles. The van der Waals surface area contributed by atoms with Crippen molar-refractivity contribution in [2.45, 2.75) is 25.8 Å². The van der Waals surface area contributed by atoms with Crippen LogP contribution in [0.3, 0.4) is 0 Å². The van der Waals surface area contributed by atoms with Crippen molar-refractivity contribution in [2.75, 3.05) is 30.4 Å². The molecule has 1 spiro atoms. The lowest BCUT2D eigenvalue weighted by molar-refractivity contribution is 0.439. The molecule has 4 aromatic rings. The minimum absolute atomic E-state index is 0.195. The molecular formula is C20H22N10O. The summed E-state index contributed by atoms with van der Waals surface area (Å²) >= 11 is 0. The van der Waals surface area contributed by atoms with Gasteiger partial charge in [0.25, 0.3) is 0 Å². The predicted molar refractivity (Wildman–Crippen MR) is 115 cm³/mol. The van der Waals surface area contributed by atoms with E-state index in [1.54, 1.807) is 18.7 Å². The molecule has 1 aliphatic carbocycles. The Morgan fingerprint density at radius 2 is 2.03 bits per heavy atom. The highest BCUT2D eigenvalue weighted by atomic mass is 16.5. The van der Waals surface area contributed by atoms with Gasteiger partial charge in [-0.1, -0.05) is 0 Å². The molecule has 2 fully saturated rings. The number of aromatic amines is 1. The van der Waals surface area contributed by atoms with Gasteiger partial charge >= 0.3 is 6.01 Å². The summed E-state index contributed by atoms with van der Waals surface area (Å²) in [5, 5.41) is 3.95. The van der Waals surface area contributed by atoms with Crippen LogP contribution in [-0.2, 0) is 0 Å². The van der Waals surface area contributed by atoms with Crippen LogP contribution >= 0.6 is 0 Å². The fraction of sp³-hybridized carbons (Fsp3) is 0.400. The summed E-state index contributed by atoms with van der Waals surface area (Å²) in [6.07, 6.45) is 6.88. The average molecular weight is 418 g/mol. The number of ether oxygens (including phenoxy) is 1. The van der Waals surface area contributed by atoms with Gasteiger partial charge in [0.1, 0.15) is 34.7 Å². The van der Waals surface area contributed by atoms with E-state index >= 15 is 0 Å². The minimum Gasteiger partial charge on any atom is -0.421 e. The number of H-pyrrole nitrogens is 1. The van der Waals surface area contributed by atoms with E-state index in [4.69, 9.17) is 15.5 Å². The molecule has 158 valence electrons. The van der Waals surface area contributed by atoms with Crippen molar-refractivity contribution in [1.29, 1.82) is 0 Å². The minimum atomic E-state index is 0.195. The van der Waals surface area contributed by atoms with Crippen LogP contribution in [0, 0.1) is 12.3 Å². The second-order valence-electron chi connectivity index (χ2n) is 8.29. The average Bonchev–Trinajstić information content (AvgIpc) is 3.09. The fourth-order valence-electron chi connectivity index (χ4n) is 4.48. The van der Waals surface area contributed by atoms with E-state index in [2.05, 4.69) is 40.1 Å². The van der Waals surface area contributed by atoms with Crippen LogP contribution in [0.1, 0.15) is 18.7 Å². The summed E-state index contributed by atoms with van der Waals surface area (Å²) < 4.78 is 5.91. The number of nitrogens with two attached hydrogens (primary N) is 1. The molecule has 2 aliphatic rings. The Labute approximate surface area is 177 Å². The second-order valence-corrected chi connectivity index (χ2v) is 8.29. The SMILES string of the molecule is CNc1ncnc2c1[nH]c1nc(Oc3cnc(C)nc3)nc(N3CCC4(CC4N)C3)c12. The fourth-order valence-corrected chi connectivity index (χ4v) is 4.48. The van der Waals surface area contributed by atoms with E-state index < -0.39 is 0 Å². The molecule has 0 radical (unpaired) electrons. The van der Waals surface area contributed by atoms with Crippen LogP contribution in [0.15, 0.2) is 18.7 Å². The molecule has 0 amide bonds. The second kappa shape index (κ2) is 6.45. The molecule has 1 aliphatic heterocycles. The van der Waals surface area contributed by atoms with Crippen molar-refractivity contribution in [3.05, 3.63) is 24.5 Å². The smallest absolute Gasteiger partial charge is 0.326 e. The van der Waals surface area contributed by atoms with E-state index in [0.717, 1.165) is 48.2 Å². The van der Waals surface area contributed by atoms with Gasteiger partial charge in [-0.3, -0.25) is 0 Å². The number of aryl methyl sites for hydroxylation is 1. The van der Waals surface area contributed by atoms with Crippen molar-refractivity contribution in [3.8, 4) is 11.8 Å². The predicted octanol–water partition coefficient (Wildman–Crippen LogP) is 1.76. The standard InChI is InChI=1S/C20H22N10O/c1-10-23-6-11(7-24-10)31-19-28-16-13(14-15(27-16)17(22-2)26-9-25-14)18(29-19)30-4-3-20(8-30)5-12(20)21/h6-7,9,12H,3-5,8,21H2,1-2H3,(H,22,25,26)(H,27,28,29).